The molecule has 30 heavy (non-hydrogen) atoms. The van der Waals surface area contributed by atoms with E-state index >= 15 is 0 Å². The molecule has 1 unspecified atom stereocenters. The van der Waals surface area contributed by atoms with Crippen molar-refractivity contribution < 1.29 is 23.2 Å². The maximum Gasteiger partial charge on any atom is 0.133 e. The fourth-order valence-corrected chi connectivity index (χ4v) is 4.54. The van der Waals surface area contributed by atoms with Crippen LogP contribution in [-0.2, 0) is 10.1 Å². The van der Waals surface area contributed by atoms with E-state index in [2.05, 4.69) is 6.92 Å². The van der Waals surface area contributed by atoms with Gasteiger partial charge in [0.25, 0.3) is 0 Å². The number of aromatic hydroxyl groups is 2. The monoisotopic (exact) mass is 441 g/mol. The summed E-state index contributed by atoms with van der Waals surface area (Å²) in [6.07, 6.45) is 19.0. The second-order valence-electron chi connectivity index (χ2n) is 8.62. The molecule has 0 fully saturated rings. The van der Waals surface area contributed by atoms with Gasteiger partial charge in [0.15, 0.2) is 0 Å². The average molecular weight is 442 g/mol. The minimum Gasteiger partial charge on any atom is -0.744 e. The summed E-state index contributed by atoms with van der Waals surface area (Å²) in [6.45, 7) is 4.19. The Morgan fingerprint density at radius 1 is 0.767 bits per heavy atom. The zero-order valence-corrected chi connectivity index (χ0v) is 19.7. The molecule has 0 aliphatic rings. The quantitative estimate of drug-likeness (QED) is 0.154. The highest BCUT2D eigenvalue weighted by molar-refractivity contribution is 7.85. The third kappa shape index (κ3) is 10.7. The van der Waals surface area contributed by atoms with Crippen molar-refractivity contribution in [3.63, 3.8) is 0 Å². The largest absolute Gasteiger partial charge is 0.744 e. The van der Waals surface area contributed by atoms with Gasteiger partial charge in [0, 0.05) is 11.6 Å². The highest BCUT2D eigenvalue weighted by Gasteiger charge is 2.17. The summed E-state index contributed by atoms with van der Waals surface area (Å²) in [7, 11) is -4.80. The molecule has 1 aromatic carbocycles. The van der Waals surface area contributed by atoms with Crippen molar-refractivity contribution in [2.45, 2.75) is 121 Å². The van der Waals surface area contributed by atoms with Crippen LogP contribution in [-0.4, -0.2) is 23.2 Å². The van der Waals surface area contributed by atoms with Gasteiger partial charge in [0.1, 0.15) is 21.6 Å². The molecule has 1 atom stereocenters. The summed E-state index contributed by atoms with van der Waals surface area (Å²) in [5, 5.41) is 19.9. The first kappa shape index (κ1) is 26.8. The van der Waals surface area contributed by atoms with Crippen molar-refractivity contribution in [3.05, 3.63) is 17.7 Å². The molecular formula is C24H41O5S-. The summed E-state index contributed by atoms with van der Waals surface area (Å²) < 4.78 is 33.2. The zero-order chi connectivity index (χ0) is 22.4. The Kier molecular flexibility index (Phi) is 13.1. The Morgan fingerprint density at radius 3 is 1.63 bits per heavy atom. The summed E-state index contributed by atoms with van der Waals surface area (Å²) in [5.74, 6) is -0.859. The molecule has 0 aliphatic heterocycles. The van der Waals surface area contributed by atoms with Gasteiger partial charge < -0.3 is 14.8 Å². The van der Waals surface area contributed by atoms with Crippen LogP contribution in [0.1, 0.15) is 122 Å². The van der Waals surface area contributed by atoms with E-state index in [9.17, 15) is 23.2 Å². The minimum absolute atomic E-state index is 0.0170. The van der Waals surface area contributed by atoms with E-state index in [1.165, 1.54) is 83.1 Å². The van der Waals surface area contributed by atoms with Crippen LogP contribution in [0.2, 0.25) is 0 Å². The van der Waals surface area contributed by atoms with Crippen LogP contribution >= 0.6 is 0 Å². The van der Waals surface area contributed by atoms with Gasteiger partial charge in [-0.25, -0.2) is 8.42 Å². The van der Waals surface area contributed by atoms with Gasteiger partial charge in [-0.05, 0) is 18.4 Å². The second kappa shape index (κ2) is 14.7. The minimum atomic E-state index is -4.80. The normalized spacial score (nSPS) is 12.9. The Balaban J connectivity index is 2.13. The lowest BCUT2D eigenvalue weighted by Gasteiger charge is -2.17. The molecule has 174 valence electrons. The van der Waals surface area contributed by atoms with Gasteiger partial charge in [-0.2, -0.15) is 0 Å². The fraction of sp³-hybridized carbons (Fsp3) is 0.750. The van der Waals surface area contributed by atoms with E-state index in [0.29, 0.717) is 5.56 Å². The maximum absolute atomic E-state index is 11.1. The molecular weight excluding hydrogens is 400 g/mol. The SMILES string of the molecule is CCCCCCCCCCCCCCCCC(C)c1cc(O)c(S(=O)(=O)[O-])cc1O. The van der Waals surface area contributed by atoms with Crippen LogP contribution in [0.5, 0.6) is 11.5 Å². The number of hydrogen-bond acceptors (Lipinski definition) is 5. The number of phenolic OH excluding ortho intramolecular Hbond substituents is 2. The Morgan fingerprint density at radius 2 is 1.20 bits per heavy atom. The molecule has 0 saturated heterocycles. The van der Waals surface area contributed by atoms with Gasteiger partial charge in [-0.1, -0.05) is 104 Å². The predicted molar refractivity (Wildman–Crippen MR) is 121 cm³/mol. The van der Waals surface area contributed by atoms with Crippen molar-refractivity contribution in [3.8, 4) is 11.5 Å². The van der Waals surface area contributed by atoms with Gasteiger partial charge in [0.05, 0.1) is 4.90 Å². The van der Waals surface area contributed by atoms with Gasteiger partial charge >= 0.3 is 0 Å². The van der Waals surface area contributed by atoms with E-state index in [0.717, 1.165) is 25.3 Å². The van der Waals surface area contributed by atoms with Crippen molar-refractivity contribution >= 4 is 10.1 Å². The first-order chi connectivity index (χ1) is 14.3. The van der Waals surface area contributed by atoms with E-state index in [4.69, 9.17) is 0 Å². The molecule has 6 heteroatoms. The Hall–Kier alpha value is -1.27. The number of hydrogen-bond donors (Lipinski definition) is 2. The smallest absolute Gasteiger partial charge is 0.133 e. The standard InChI is InChI=1S/C24H42O5S/c1-3-4-5-6-7-8-9-10-11-12-13-14-15-16-17-20(2)21-18-23(26)24(19-22(21)25)30(27,28)29/h18-20,25-26H,3-17H2,1-2H3,(H,27,28,29)/p-1. The molecule has 0 amide bonds. The third-order valence-electron chi connectivity index (χ3n) is 5.90. The molecule has 0 aliphatic carbocycles. The van der Waals surface area contributed by atoms with E-state index in [-0.39, 0.29) is 11.7 Å². The first-order valence-corrected chi connectivity index (χ1v) is 13.2. The van der Waals surface area contributed by atoms with Crippen molar-refractivity contribution in [1.82, 2.24) is 0 Å². The summed E-state index contributed by atoms with van der Waals surface area (Å²) >= 11 is 0. The van der Waals surface area contributed by atoms with E-state index < -0.39 is 20.8 Å². The van der Waals surface area contributed by atoms with Crippen molar-refractivity contribution in [2.75, 3.05) is 0 Å². The number of rotatable bonds is 17. The van der Waals surface area contributed by atoms with Crippen LogP contribution in [0.4, 0.5) is 0 Å². The molecule has 0 aromatic heterocycles. The molecule has 0 heterocycles. The lowest BCUT2D eigenvalue weighted by Crippen LogP contribution is -2.01. The summed E-state index contributed by atoms with van der Waals surface area (Å²) in [4.78, 5) is -0.771. The lowest BCUT2D eigenvalue weighted by molar-refractivity contribution is 0.420. The molecule has 1 aromatic rings. The fourth-order valence-electron chi connectivity index (χ4n) is 3.97. The van der Waals surface area contributed by atoms with Crippen LogP contribution < -0.4 is 0 Å². The van der Waals surface area contributed by atoms with Crippen LogP contribution in [0.25, 0.3) is 0 Å². The highest BCUT2D eigenvalue weighted by atomic mass is 32.2. The predicted octanol–water partition coefficient (Wildman–Crippen LogP) is 6.98. The Labute approximate surface area is 183 Å². The van der Waals surface area contributed by atoms with Crippen molar-refractivity contribution in [1.29, 1.82) is 0 Å². The second-order valence-corrected chi connectivity index (χ2v) is 9.97. The third-order valence-corrected chi connectivity index (χ3v) is 6.76. The van der Waals surface area contributed by atoms with Crippen LogP contribution in [0, 0.1) is 0 Å². The van der Waals surface area contributed by atoms with E-state index in [1.807, 2.05) is 6.92 Å². The molecule has 5 nitrogen and oxygen atoms in total. The van der Waals surface area contributed by atoms with Gasteiger partial charge in [-0.3, -0.25) is 0 Å². The highest BCUT2D eigenvalue weighted by Crippen LogP contribution is 2.36. The first-order valence-electron chi connectivity index (χ1n) is 11.8. The van der Waals surface area contributed by atoms with E-state index in [1.54, 1.807) is 0 Å². The topological polar surface area (TPSA) is 97.7 Å². The molecule has 0 saturated carbocycles. The molecule has 2 N–H and O–H groups in total. The van der Waals surface area contributed by atoms with Gasteiger partial charge in [0.2, 0.25) is 0 Å². The lowest BCUT2D eigenvalue weighted by atomic mass is 9.93. The molecule has 1 rings (SSSR count). The van der Waals surface area contributed by atoms with Crippen molar-refractivity contribution in [2.24, 2.45) is 0 Å². The van der Waals surface area contributed by atoms with Gasteiger partial charge in [-0.15, -0.1) is 0 Å². The molecule has 0 radical (unpaired) electrons. The summed E-state index contributed by atoms with van der Waals surface area (Å²) in [6, 6.07) is 2.06. The maximum atomic E-state index is 11.1. The number of benzene rings is 1. The number of unbranched alkanes of at least 4 members (excludes halogenated alkanes) is 13. The Bertz CT molecular complexity index is 700. The number of phenols is 2. The van der Waals surface area contributed by atoms with Crippen LogP contribution in [0.3, 0.4) is 0 Å². The molecule has 0 spiro atoms. The van der Waals surface area contributed by atoms with Crippen LogP contribution in [0.15, 0.2) is 17.0 Å². The summed E-state index contributed by atoms with van der Waals surface area (Å²) in [5.41, 5.74) is 0.481. The zero-order valence-electron chi connectivity index (χ0n) is 18.9. The molecule has 0 bridgehead atoms. The average Bonchev–Trinajstić information content (AvgIpc) is 2.68.